The lowest BCUT2D eigenvalue weighted by atomic mass is 10.0. The summed E-state index contributed by atoms with van der Waals surface area (Å²) in [7, 11) is 0. The highest BCUT2D eigenvalue weighted by Crippen LogP contribution is 2.25. The van der Waals surface area contributed by atoms with Crippen molar-refractivity contribution in [1.29, 1.82) is 0 Å². The first-order chi connectivity index (χ1) is 8.58. The molecular weight excluding hydrogens is 220 g/mol. The summed E-state index contributed by atoms with van der Waals surface area (Å²) in [5.74, 6) is 0. The monoisotopic (exact) mass is 242 g/mol. The smallest absolute Gasteiger partial charge is 0.0344 e. The second-order valence-electron chi connectivity index (χ2n) is 4.14. The van der Waals surface area contributed by atoms with Gasteiger partial charge in [0.2, 0.25) is 0 Å². The van der Waals surface area contributed by atoms with Gasteiger partial charge in [-0.1, -0.05) is 26.0 Å². The highest BCUT2D eigenvalue weighted by atomic mass is 14.6. The number of hydrogen-bond donors (Lipinski definition) is 2. The molecule has 18 heavy (non-hydrogen) atoms. The molecule has 2 aromatic rings. The zero-order valence-electron chi connectivity index (χ0n) is 11.6. The third-order valence-electron chi connectivity index (χ3n) is 2.87. The van der Waals surface area contributed by atoms with Crippen LogP contribution < -0.4 is 11.5 Å². The Balaban J connectivity index is 0.000000771. The molecule has 0 saturated heterocycles. The second-order valence-corrected chi connectivity index (χ2v) is 4.14. The quantitative estimate of drug-likeness (QED) is 0.738. The third-order valence-corrected chi connectivity index (χ3v) is 2.87. The van der Waals surface area contributed by atoms with Crippen molar-refractivity contribution in [3.63, 3.8) is 0 Å². The maximum atomic E-state index is 5.80. The molecule has 0 heterocycles. The molecule has 0 saturated carbocycles. The van der Waals surface area contributed by atoms with Crippen LogP contribution in [-0.4, -0.2) is 0 Å². The van der Waals surface area contributed by atoms with Gasteiger partial charge in [0.1, 0.15) is 0 Å². The Morgan fingerprint density at radius 2 is 1.00 bits per heavy atom. The highest BCUT2D eigenvalue weighted by Gasteiger charge is 2.01. The lowest BCUT2D eigenvalue weighted by Crippen LogP contribution is -1.91. The van der Waals surface area contributed by atoms with Gasteiger partial charge in [-0.2, -0.15) is 0 Å². The molecule has 0 amide bonds. The van der Waals surface area contributed by atoms with E-state index in [-0.39, 0.29) is 0 Å². The van der Waals surface area contributed by atoms with Crippen LogP contribution in [0.4, 0.5) is 11.4 Å². The van der Waals surface area contributed by atoms with Crippen molar-refractivity contribution >= 4 is 11.4 Å². The maximum absolute atomic E-state index is 5.80. The van der Waals surface area contributed by atoms with Crippen molar-refractivity contribution in [1.82, 2.24) is 0 Å². The van der Waals surface area contributed by atoms with E-state index in [1.165, 1.54) is 11.1 Å². The molecule has 2 rings (SSSR count). The molecule has 0 aliphatic carbocycles. The third kappa shape index (κ3) is 3.04. The van der Waals surface area contributed by atoms with Crippen LogP contribution in [0.15, 0.2) is 36.4 Å². The van der Waals surface area contributed by atoms with Crippen molar-refractivity contribution < 1.29 is 0 Å². The fraction of sp³-hybridized carbons (Fsp3) is 0.250. The number of benzene rings is 2. The van der Waals surface area contributed by atoms with Gasteiger partial charge < -0.3 is 11.5 Å². The normalized spacial score (nSPS) is 9.56. The summed E-state index contributed by atoms with van der Waals surface area (Å²) in [4.78, 5) is 0. The fourth-order valence-corrected chi connectivity index (χ4v) is 1.71. The molecule has 0 atom stereocenters. The Labute approximate surface area is 110 Å². The van der Waals surface area contributed by atoms with Crippen LogP contribution in [0.2, 0.25) is 0 Å². The minimum Gasteiger partial charge on any atom is -0.399 e. The van der Waals surface area contributed by atoms with E-state index in [4.69, 9.17) is 11.5 Å². The first-order valence-corrected chi connectivity index (χ1v) is 6.30. The van der Waals surface area contributed by atoms with E-state index in [2.05, 4.69) is 12.1 Å². The fourth-order valence-electron chi connectivity index (χ4n) is 1.71. The molecule has 2 heteroatoms. The molecule has 2 aromatic carbocycles. The van der Waals surface area contributed by atoms with Gasteiger partial charge in [0, 0.05) is 11.4 Å². The van der Waals surface area contributed by atoms with Crippen LogP contribution in [0.3, 0.4) is 0 Å². The van der Waals surface area contributed by atoms with Gasteiger partial charge in [-0.05, 0) is 60.4 Å². The summed E-state index contributed by atoms with van der Waals surface area (Å²) in [5.41, 5.74) is 17.8. The summed E-state index contributed by atoms with van der Waals surface area (Å²) in [6.07, 6.45) is 0. The molecular formula is C16H22N2. The van der Waals surface area contributed by atoms with Crippen molar-refractivity contribution in [2.24, 2.45) is 0 Å². The second kappa shape index (κ2) is 6.10. The molecule has 0 aliphatic heterocycles. The molecule has 0 bridgehead atoms. The molecule has 0 aromatic heterocycles. The van der Waals surface area contributed by atoms with Crippen LogP contribution in [0.25, 0.3) is 11.1 Å². The maximum Gasteiger partial charge on any atom is 0.0344 e. The van der Waals surface area contributed by atoms with Gasteiger partial charge in [-0.25, -0.2) is 0 Å². The summed E-state index contributed by atoms with van der Waals surface area (Å²) in [5, 5.41) is 0. The summed E-state index contributed by atoms with van der Waals surface area (Å²) < 4.78 is 0. The van der Waals surface area contributed by atoms with Gasteiger partial charge in [-0.3, -0.25) is 0 Å². The van der Waals surface area contributed by atoms with Crippen molar-refractivity contribution in [2.75, 3.05) is 11.5 Å². The summed E-state index contributed by atoms with van der Waals surface area (Å²) in [6, 6.07) is 12.1. The number of aryl methyl sites for hydroxylation is 2. The standard InChI is InChI=1S/C14H16N2.C2H6/c1-9-7-11(3-5-13(9)15)12-4-6-14(16)10(2)8-12;1-2/h3-8H,15-16H2,1-2H3;1-2H3. The van der Waals surface area contributed by atoms with Crippen LogP contribution in [0.1, 0.15) is 25.0 Å². The lowest BCUT2D eigenvalue weighted by molar-refractivity contribution is 1.44. The molecule has 2 nitrogen and oxygen atoms in total. The topological polar surface area (TPSA) is 52.0 Å². The van der Waals surface area contributed by atoms with E-state index >= 15 is 0 Å². The number of nitrogen functional groups attached to an aromatic ring is 2. The van der Waals surface area contributed by atoms with Gasteiger partial charge in [0.15, 0.2) is 0 Å². The first-order valence-electron chi connectivity index (χ1n) is 6.30. The van der Waals surface area contributed by atoms with Crippen molar-refractivity contribution in [2.45, 2.75) is 27.7 Å². The SMILES string of the molecule is CC.Cc1cc(-c2ccc(N)c(C)c2)ccc1N. The molecule has 0 radical (unpaired) electrons. The average Bonchev–Trinajstić information content (AvgIpc) is 2.38. The van der Waals surface area contributed by atoms with E-state index < -0.39 is 0 Å². The Morgan fingerprint density at radius 3 is 1.28 bits per heavy atom. The van der Waals surface area contributed by atoms with Crippen LogP contribution in [-0.2, 0) is 0 Å². The predicted molar refractivity (Wildman–Crippen MR) is 81.5 cm³/mol. The minimum atomic E-state index is 0.830. The van der Waals surface area contributed by atoms with Gasteiger partial charge in [0.25, 0.3) is 0 Å². The van der Waals surface area contributed by atoms with Gasteiger partial charge >= 0.3 is 0 Å². The zero-order valence-corrected chi connectivity index (χ0v) is 11.6. The van der Waals surface area contributed by atoms with E-state index in [0.29, 0.717) is 0 Å². The van der Waals surface area contributed by atoms with Crippen molar-refractivity contribution in [3.05, 3.63) is 47.5 Å². The number of nitrogens with two attached hydrogens (primary N) is 2. The average molecular weight is 242 g/mol. The predicted octanol–water partition coefficient (Wildman–Crippen LogP) is 4.16. The van der Waals surface area contributed by atoms with E-state index in [9.17, 15) is 0 Å². The van der Waals surface area contributed by atoms with Gasteiger partial charge in [-0.15, -0.1) is 0 Å². The molecule has 0 spiro atoms. The van der Waals surface area contributed by atoms with Gasteiger partial charge in [0.05, 0.1) is 0 Å². The molecule has 0 unspecified atom stereocenters. The molecule has 4 N–H and O–H groups in total. The van der Waals surface area contributed by atoms with E-state index in [1.807, 2.05) is 52.0 Å². The summed E-state index contributed by atoms with van der Waals surface area (Å²) >= 11 is 0. The van der Waals surface area contributed by atoms with Crippen LogP contribution >= 0.6 is 0 Å². The Kier molecular flexibility index (Phi) is 4.78. The molecule has 96 valence electrons. The number of anilines is 2. The minimum absolute atomic E-state index is 0.830. The highest BCUT2D eigenvalue weighted by molar-refractivity contribution is 5.70. The first kappa shape index (κ1) is 14.1. The van der Waals surface area contributed by atoms with Crippen molar-refractivity contribution in [3.8, 4) is 11.1 Å². The molecule has 0 fully saturated rings. The Hall–Kier alpha value is -1.96. The lowest BCUT2D eigenvalue weighted by Gasteiger charge is -2.07. The number of hydrogen-bond acceptors (Lipinski definition) is 2. The van der Waals surface area contributed by atoms with E-state index in [0.717, 1.165) is 22.5 Å². The Morgan fingerprint density at radius 1 is 0.667 bits per heavy atom. The summed E-state index contributed by atoms with van der Waals surface area (Å²) in [6.45, 7) is 8.03. The molecule has 0 aliphatic rings. The van der Waals surface area contributed by atoms with Crippen LogP contribution in [0, 0.1) is 13.8 Å². The zero-order chi connectivity index (χ0) is 13.7. The van der Waals surface area contributed by atoms with E-state index in [1.54, 1.807) is 0 Å². The number of rotatable bonds is 1. The van der Waals surface area contributed by atoms with Crippen LogP contribution in [0.5, 0.6) is 0 Å². The Bertz CT molecular complexity index is 481. The largest absolute Gasteiger partial charge is 0.399 e.